The highest BCUT2D eigenvalue weighted by Crippen LogP contribution is 2.24. The Balaban J connectivity index is 1.81. The zero-order valence-corrected chi connectivity index (χ0v) is 18.5. The standard InChI is InChI=1S/C19H25N5O3S2/c1-5-15-12-17(25)24-19(21-15)28-18(22-24)20-13(4)14-8-10-16(11-9-14)29(26,27)23(6-2)7-3/h8-13H,5-7H2,1-4H3,(H,20,22). The van der Waals surface area contributed by atoms with E-state index in [1.807, 2.05) is 27.7 Å². The van der Waals surface area contributed by atoms with Gasteiger partial charge in [-0.15, -0.1) is 5.10 Å². The fourth-order valence-corrected chi connectivity index (χ4v) is 5.37. The molecule has 156 valence electrons. The zero-order chi connectivity index (χ0) is 21.2. The average Bonchev–Trinajstić information content (AvgIpc) is 3.11. The number of fused-ring (bicyclic) bond motifs is 1. The number of sulfonamides is 1. The monoisotopic (exact) mass is 435 g/mol. The minimum Gasteiger partial charge on any atom is -0.354 e. The molecule has 0 saturated heterocycles. The Morgan fingerprint density at radius 3 is 2.41 bits per heavy atom. The van der Waals surface area contributed by atoms with Gasteiger partial charge in [0.25, 0.3) is 5.56 Å². The van der Waals surface area contributed by atoms with E-state index in [9.17, 15) is 13.2 Å². The molecule has 2 aromatic heterocycles. The maximum atomic E-state index is 12.6. The van der Waals surface area contributed by atoms with Gasteiger partial charge in [-0.05, 0) is 31.0 Å². The number of nitrogens with one attached hydrogen (secondary N) is 1. The first-order valence-corrected chi connectivity index (χ1v) is 11.8. The van der Waals surface area contributed by atoms with Gasteiger partial charge in [-0.25, -0.2) is 13.4 Å². The van der Waals surface area contributed by atoms with Crippen LogP contribution in [0, 0.1) is 0 Å². The van der Waals surface area contributed by atoms with Crippen LogP contribution in [0.3, 0.4) is 0 Å². The SMILES string of the molecule is CCc1cc(=O)n2nc(NC(C)c3ccc(S(=O)(=O)N(CC)CC)cc3)sc2n1. The Morgan fingerprint density at radius 2 is 1.83 bits per heavy atom. The normalized spacial score (nSPS) is 13.1. The molecule has 2 heterocycles. The molecule has 0 aliphatic carbocycles. The minimum absolute atomic E-state index is 0.123. The van der Waals surface area contributed by atoms with Crippen LogP contribution in [0.5, 0.6) is 0 Å². The van der Waals surface area contributed by atoms with Crippen LogP contribution in [0.2, 0.25) is 0 Å². The minimum atomic E-state index is -3.47. The van der Waals surface area contributed by atoms with Gasteiger partial charge in [-0.3, -0.25) is 4.79 Å². The Labute approximate surface area is 174 Å². The summed E-state index contributed by atoms with van der Waals surface area (Å²) < 4.78 is 27.9. The lowest BCUT2D eigenvalue weighted by molar-refractivity contribution is 0.445. The zero-order valence-electron chi connectivity index (χ0n) is 16.9. The molecule has 29 heavy (non-hydrogen) atoms. The third-order valence-electron chi connectivity index (χ3n) is 4.72. The van der Waals surface area contributed by atoms with Crippen LogP contribution >= 0.6 is 11.3 Å². The molecular formula is C19H25N5O3S2. The van der Waals surface area contributed by atoms with Crippen molar-refractivity contribution in [2.24, 2.45) is 0 Å². The summed E-state index contributed by atoms with van der Waals surface area (Å²) in [4.78, 5) is 17.4. The predicted octanol–water partition coefficient (Wildman–Crippen LogP) is 2.92. The number of hydrogen-bond donors (Lipinski definition) is 1. The second kappa shape index (κ2) is 8.60. The molecular weight excluding hydrogens is 410 g/mol. The summed E-state index contributed by atoms with van der Waals surface area (Å²) >= 11 is 1.31. The molecule has 10 heteroatoms. The van der Waals surface area contributed by atoms with E-state index in [4.69, 9.17) is 0 Å². The Hall–Kier alpha value is -2.30. The van der Waals surface area contributed by atoms with Crippen molar-refractivity contribution in [3.8, 4) is 0 Å². The molecule has 0 aliphatic rings. The first kappa shape index (κ1) is 21.4. The predicted molar refractivity (Wildman–Crippen MR) is 115 cm³/mol. The third-order valence-corrected chi connectivity index (χ3v) is 7.63. The van der Waals surface area contributed by atoms with Crippen LogP contribution < -0.4 is 10.9 Å². The number of aromatic nitrogens is 3. The Morgan fingerprint density at radius 1 is 1.17 bits per heavy atom. The van der Waals surface area contributed by atoms with Crippen molar-refractivity contribution in [1.29, 1.82) is 0 Å². The molecule has 1 atom stereocenters. The number of benzene rings is 1. The quantitative estimate of drug-likeness (QED) is 0.584. The fourth-order valence-electron chi connectivity index (χ4n) is 3.01. The number of rotatable bonds is 8. The van der Waals surface area contributed by atoms with Gasteiger partial charge in [-0.2, -0.15) is 8.82 Å². The van der Waals surface area contributed by atoms with Gasteiger partial charge in [0.05, 0.1) is 10.9 Å². The number of hydrogen-bond acceptors (Lipinski definition) is 7. The van der Waals surface area contributed by atoms with Crippen molar-refractivity contribution < 1.29 is 8.42 Å². The summed E-state index contributed by atoms with van der Waals surface area (Å²) in [7, 11) is -3.47. The summed E-state index contributed by atoms with van der Waals surface area (Å²) in [6, 6.07) is 8.21. The van der Waals surface area contributed by atoms with Gasteiger partial charge in [0.15, 0.2) is 0 Å². The third kappa shape index (κ3) is 4.34. The van der Waals surface area contributed by atoms with E-state index in [1.165, 1.54) is 26.2 Å². The lowest BCUT2D eigenvalue weighted by atomic mass is 10.1. The van der Waals surface area contributed by atoms with E-state index < -0.39 is 10.0 Å². The largest absolute Gasteiger partial charge is 0.354 e. The maximum absolute atomic E-state index is 12.6. The molecule has 1 aromatic carbocycles. The highest BCUT2D eigenvalue weighted by atomic mass is 32.2. The fraction of sp³-hybridized carbons (Fsp3) is 0.421. The van der Waals surface area contributed by atoms with Gasteiger partial charge >= 0.3 is 0 Å². The summed E-state index contributed by atoms with van der Waals surface area (Å²) in [6.07, 6.45) is 0.686. The van der Waals surface area contributed by atoms with Crippen LogP contribution in [0.15, 0.2) is 40.0 Å². The first-order valence-electron chi connectivity index (χ1n) is 9.56. The van der Waals surface area contributed by atoms with Gasteiger partial charge < -0.3 is 5.32 Å². The molecule has 1 unspecified atom stereocenters. The highest BCUT2D eigenvalue weighted by molar-refractivity contribution is 7.89. The summed E-state index contributed by atoms with van der Waals surface area (Å²) in [6.45, 7) is 8.41. The molecule has 0 bridgehead atoms. The number of nitrogens with zero attached hydrogens (tertiary/aromatic N) is 4. The molecule has 0 fully saturated rings. The van der Waals surface area contributed by atoms with E-state index in [1.54, 1.807) is 24.3 Å². The molecule has 0 radical (unpaired) electrons. The molecule has 8 nitrogen and oxygen atoms in total. The van der Waals surface area contributed by atoms with Gasteiger partial charge in [0.1, 0.15) is 0 Å². The summed E-state index contributed by atoms with van der Waals surface area (Å²) in [5.74, 6) is 0. The Bertz CT molecular complexity index is 1150. The second-order valence-electron chi connectivity index (χ2n) is 6.57. The van der Waals surface area contributed by atoms with Crippen LogP contribution in [-0.4, -0.2) is 40.4 Å². The number of anilines is 1. The van der Waals surface area contributed by atoms with Crippen molar-refractivity contribution in [2.45, 2.75) is 45.1 Å². The molecule has 0 amide bonds. The van der Waals surface area contributed by atoms with Crippen molar-refractivity contribution in [3.05, 3.63) is 51.9 Å². The second-order valence-corrected chi connectivity index (χ2v) is 9.46. The van der Waals surface area contributed by atoms with Crippen LogP contribution in [0.1, 0.15) is 45.0 Å². The molecule has 0 aliphatic heterocycles. The van der Waals surface area contributed by atoms with Crippen molar-refractivity contribution >= 4 is 31.5 Å². The van der Waals surface area contributed by atoms with Crippen LogP contribution in [-0.2, 0) is 16.4 Å². The lowest BCUT2D eigenvalue weighted by Gasteiger charge is -2.19. The highest BCUT2D eigenvalue weighted by Gasteiger charge is 2.21. The van der Waals surface area contributed by atoms with Crippen molar-refractivity contribution in [3.63, 3.8) is 0 Å². The van der Waals surface area contributed by atoms with Gasteiger partial charge in [0, 0.05) is 24.8 Å². The van der Waals surface area contributed by atoms with E-state index >= 15 is 0 Å². The molecule has 3 rings (SSSR count). The molecule has 0 spiro atoms. The maximum Gasteiger partial charge on any atom is 0.275 e. The van der Waals surface area contributed by atoms with Crippen LogP contribution in [0.4, 0.5) is 5.13 Å². The topological polar surface area (TPSA) is 96.7 Å². The van der Waals surface area contributed by atoms with E-state index in [2.05, 4.69) is 15.4 Å². The average molecular weight is 436 g/mol. The summed E-state index contributed by atoms with van der Waals surface area (Å²) in [5, 5.41) is 8.14. The van der Waals surface area contributed by atoms with E-state index in [0.29, 0.717) is 29.6 Å². The summed E-state index contributed by atoms with van der Waals surface area (Å²) in [5.41, 5.74) is 1.45. The smallest absolute Gasteiger partial charge is 0.275 e. The molecule has 0 saturated carbocycles. The van der Waals surface area contributed by atoms with Crippen molar-refractivity contribution in [2.75, 3.05) is 18.4 Å². The molecule has 3 aromatic rings. The first-order chi connectivity index (χ1) is 13.8. The molecule has 1 N–H and O–H groups in total. The van der Waals surface area contributed by atoms with E-state index in [0.717, 1.165) is 11.3 Å². The van der Waals surface area contributed by atoms with Crippen LogP contribution in [0.25, 0.3) is 4.96 Å². The van der Waals surface area contributed by atoms with Gasteiger partial charge in [0.2, 0.25) is 20.1 Å². The van der Waals surface area contributed by atoms with Crippen molar-refractivity contribution in [1.82, 2.24) is 18.9 Å². The van der Waals surface area contributed by atoms with E-state index in [-0.39, 0.29) is 16.5 Å². The van der Waals surface area contributed by atoms with Gasteiger partial charge in [-0.1, -0.05) is 44.2 Å². The Kier molecular flexibility index (Phi) is 6.35. The number of aryl methyl sites for hydroxylation is 1. The lowest BCUT2D eigenvalue weighted by Crippen LogP contribution is -2.30.